The number of β-amino-alcohol motifs (C(OH)–C–C–N with tert-alkyl or cyclic N) is 1. The number of carbonyl (C=O) groups excluding carboxylic acids is 2. The van der Waals surface area contributed by atoms with E-state index >= 15 is 0 Å². The van der Waals surface area contributed by atoms with E-state index in [0.717, 1.165) is 19.3 Å². The van der Waals surface area contributed by atoms with Crippen LogP contribution >= 0.6 is 0 Å². The SMILES string of the molecule is CC(=O)N(C)C[C@H](O)CN1[C@H]2C[CH]C[C@]1(C(N)=O)CC2. The third-order valence-corrected chi connectivity index (χ3v) is 4.69. The molecule has 20 heavy (non-hydrogen) atoms. The molecule has 6 nitrogen and oxygen atoms in total. The van der Waals surface area contributed by atoms with Gasteiger partial charge in [0.2, 0.25) is 11.8 Å². The Morgan fingerprint density at radius 3 is 2.90 bits per heavy atom. The van der Waals surface area contributed by atoms with Crippen molar-refractivity contribution >= 4 is 11.8 Å². The van der Waals surface area contributed by atoms with Gasteiger partial charge in [-0.3, -0.25) is 14.5 Å². The van der Waals surface area contributed by atoms with Crippen LogP contribution in [0, 0.1) is 6.42 Å². The molecular formula is C14H24N3O3. The Balaban J connectivity index is 2.04. The minimum atomic E-state index is -0.665. The number of aliphatic hydroxyl groups excluding tert-OH is 1. The molecule has 0 aromatic rings. The summed E-state index contributed by atoms with van der Waals surface area (Å²) in [5, 5.41) is 10.2. The van der Waals surface area contributed by atoms with Crippen molar-refractivity contribution in [2.45, 2.75) is 50.3 Å². The average molecular weight is 282 g/mol. The molecule has 1 radical (unpaired) electrons. The van der Waals surface area contributed by atoms with Crippen molar-refractivity contribution in [3.63, 3.8) is 0 Å². The summed E-state index contributed by atoms with van der Waals surface area (Å²) in [5.41, 5.74) is 4.98. The van der Waals surface area contributed by atoms with E-state index in [1.54, 1.807) is 7.05 Å². The fourth-order valence-corrected chi connectivity index (χ4v) is 3.45. The van der Waals surface area contributed by atoms with E-state index in [4.69, 9.17) is 5.73 Å². The lowest BCUT2D eigenvalue weighted by Gasteiger charge is -2.43. The van der Waals surface area contributed by atoms with Gasteiger partial charge in [-0.2, -0.15) is 0 Å². The number of nitrogens with zero attached hydrogens (tertiary/aromatic N) is 2. The Morgan fingerprint density at radius 1 is 1.60 bits per heavy atom. The van der Waals surface area contributed by atoms with Crippen molar-refractivity contribution in [2.75, 3.05) is 20.1 Å². The van der Waals surface area contributed by atoms with E-state index in [-0.39, 0.29) is 24.4 Å². The van der Waals surface area contributed by atoms with Crippen molar-refractivity contribution in [2.24, 2.45) is 5.73 Å². The Hall–Kier alpha value is -1.14. The summed E-state index contributed by atoms with van der Waals surface area (Å²) in [5.74, 6) is -0.383. The van der Waals surface area contributed by atoms with Crippen LogP contribution in [0.4, 0.5) is 0 Å². The van der Waals surface area contributed by atoms with Gasteiger partial charge in [-0.1, -0.05) is 0 Å². The van der Waals surface area contributed by atoms with E-state index in [1.165, 1.54) is 11.8 Å². The number of piperidine rings is 1. The second kappa shape index (κ2) is 5.69. The van der Waals surface area contributed by atoms with Crippen molar-refractivity contribution in [1.82, 2.24) is 9.80 Å². The zero-order valence-electron chi connectivity index (χ0n) is 12.2. The Bertz CT molecular complexity index is 397. The highest BCUT2D eigenvalue weighted by molar-refractivity contribution is 5.85. The number of nitrogens with two attached hydrogens (primary N) is 1. The normalized spacial score (nSPS) is 31.1. The smallest absolute Gasteiger partial charge is 0.237 e. The second-order valence-corrected chi connectivity index (χ2v) is 6.02. The molecule has 2 heterocycles. The molecule has 0 aliphatic carbocycles. The Morgan fingerprint density at radius 2 is 2.30 bits per heavy atom. The van der Waals surface area contributed by atoms with E-state index in [1.807, 2.05) is 0 Å². The number of aliphatic hydroxyl groups is 1. The number of fused-ring (bicyclic) bond motifs is 2. The zero-order valence-corrected chi connectivity index (χ0v) is 12.2. The van der Waals surface area contributed by atoms with E-state index in [9.17, 15) is 14.7 Å². The Kier molecular flexibility index (Phi) is 4.34. The molecule has 113 valence electrons. The van der Waals surface area contributed by atoms with Crippen LogP contribution in [0.2, 0.25) is 0 Å². The molecule has 0 aromatic heterocycles. The van der Waals surface area contributed by atoms with Crippen LogP contribution in [0.1, 0.15) is 32.6 Å². The number of amides is 2. The molecule has 0 aromatic carbocycles. The van der Waals surface area contributed by atoms with Crippen molar-refractivity contribution in [3.8, 4) is 0 Å². The maximum absolute atomic E-state index is 11.9. The molecule has 0 spiro atoms. The van der Waals surface area contributed by atoms with Crippen molar-refractivity contribution in [3.05, 3.63) is 6.42 Å². The number of hydrogen-bond acceptors (Lipinski definition) is 4. The van der Waals surface area contributed by atoms with Gasteiger partial charge in [0.1, 0.15) is 5.54 Å². The van der Waals surface area contributed by atoms with Crippen molar-refractivity contribution < 1.29 is 14.7 Å². The van der Waals surface area contributed by atoms with Gasteiger partial charge in [0.15, 0.2) is 0 Å². The summed E-state index contributed by atoms with van der Waals surface area (Å²) in [6.45, 7) is 2.13. The summed E-state index contributed by atoms with van der Waals surface area (Å²) in [6.07, 6.45) is 4.76. The first-order valence-electron chi connectivity index (χ1n) is 7.15. The van der Waals surface area contributed by atoms with Gasteiger partial charge in [0, 0.05) is 33.1 Å². The lowest BCUT2D eigenvalue weighted by molar-refractivity contribution is -0.133. The van der Waals surface area contributed by atoms with Crippen LogP contribution in [0.25, 0.3) is 0 Å². The van der Waals surface area contributed by atoms with E-state index < -0.39 is 11.6 Å². The molecule has 2 fully saturated rings. The first-order chi connectivity index (χ1) is 9.36. The lowest BCUT2D eigenvalue weighted by atomic mass is 9.87. The fourth-order valence-electron chi connectivity index (χ4n) is 3.45. The first kappa shape index (κ1) is 15.3. The predicted octanol–water partition coefficient (Wildman–Crippen LogP) is -0.488. The number of primary amides is 1. The third kappa shape index (κ3) is 2.67. The molecule has 3 atom stereocenters. The average Bonchev–Trinajstić information content (AvgIpc) is 2.59. The highest BCUT2D eigenvalue weighted by atomic mass is 16.3. The molecule has 2 rings (SSSR count). The van der Waals surface area contributed by atoms with Crippen LogP contribution in [0.5, 0.6) is 0 Å². The summed E-state index contributed by atoms with van der Waals surface area (Å²) < 4.78 is 0. The molecule has 0 unspecified atom stereocenters. The highest BCUT2D eigenvalue weighted by Gasteiger charge is 2.52. The second-order valence-electron chi connectivity index (χ2n) is 6.02. The molecule has 2 saturated heterocycles. The van der Waals surface area contributed by atoms with Gasteiger partial charge in [0.25, 0.3) is 0 Å². The van der Waals surface area contributed by atoms with Crippen LogP contribution in [0.3, 0.4) is 0 Å². The van der Waals surface area contributed by atoms with Gasteiger partial charge in [0.05, 0.1) is 6.10 Å². The summed E-state index contributed by atoms with van der Waals surface area (Å²) in [7, 11) is 1.66. The highest BCUT2D eigenvalue weighted by Crippen LogP contribution is 2.43. The standard InChI is InChI=1S/C14H24N3O3/c1-10(18)16(2)8-12(19)9-17-11-4-3-6-14(17,7-5-11)13(15)20/h3,11-12,19H,4-9H2,1-2H3,(H2,15,20)/t11-,12-,14+/m0/s1. The minimum Gasteiger partial charge on any atom is -0.390 e. The van der Waals surface area contributed by atoms with Gasteiger partial charge < -0.3 is 15.7 Å². The topological polar surface area (TPSA) is 86.9 Å². The first-order valence-corrected chi connectivity index (χ1v) is 7.15. The van der Waals surface area contributed by atoms with Gasteiger partial charge in [-0.15, -0.1) is 0 Å². The van der Waals surface area contributed by atoms with E-state index in [0.29, 0.717) is 13.0 Å². The summed E-state index contributed by atoms with van der Waals surface area (Å²) >= 11 is 0. The van der Waals surface area contributed by atoms with Gasteiger partial charge in [-0.05, 0) is 32.1 Å². The molecule has 0 saturated carbocycles. The number of likely N-dealkylation sites (N-methyl/N-ethyl adjacent to an activating group) is 1. The molecule has 3 N–H and O–H groups in total. The molecule has 2 amide bonds. The molecule has 2 aliphatic heterocycles. The lowest BCUT2D eigenvalue weighted by Crippen LogP contribution is -2.60. The molecular weight excluding hydrogens is 258 g/mol. The summed E-state index contributed by atoms with van der Waals surface area (Å²) in [4.78, 5) is 26.6. The van der Waals surface area contributed by atoms with E-state index in [2.05, 4.69) is 11.3 Å². The van der Waals surface area contributed by atoms with Crippen LogP contribution in [-0.4, -0.2) is 64.5 Å². The number of rotatable bonds is 5. The summed E-state index contributed by atoms with van der Waals surface area (Å²) in [6, 6.07) is 0.286. The van der Waals surface area contributed by atoms with Crippen molar-refractivity contribution in [1.29, 1.82) is 0 Å². The fraction of sp³-hybridized carbons (Fsp3) is 0.786. The molecule has 2 aliphatic rings. The number of hydrogen-bond donors (Lipinski definition) is 2. The van der Waals surface area contributed by atoms with Gasteiger partial charge in [-0.25, -0.2) is 0 Å². The largest absolute Gasteiger partial charge is 0.390 e. The number of carbonyl (C=O) groups is 2. The monoisotopic (exact) mass is 282 g/mol. The van der Waals surface area contributed by atoms with Crippen LogP contribution in [0.15, 0.2) is 0 Å². The van der Waals surface area contributed by atoms with Crippen LogP contribution < -0.4 is 5.73 Å². The quantitative estimate of drug-likeness (QED) is 0.712. The maximum atomic E-state index is 11.9. The third-order valence-electron chi connectivity index (χ3n) is 4.69. The minimum absolute atomic E-state index is 0.0800. The molecule has 2 bridgehead atoms. The van der Waals surface area contributed by atoms with Crippen LogP contribution in [-0.2, 0) is 9.59 Å². The Labute approximate surface area is 119 Å². The maximum Gasteiger partial charge on any atom is 0.237 e. The predicted molar refractivity (Wildman–Crippen MR) is 74.5 cm³/mol. The van der Waals surface area contributed by atoms with Gasteiger partial charge >= 0.3 is 0 Å². The zero-order chi connectivity index (χ0) is 14.9. The molecule has 6 heteroatoms.